The fourth-order valence-electron chi connectivity index (χ4n) is 1.84. The van der Waals surface area contributed by atoms with E-state index in [1.807, 2.05) is 0 Å². The third-order valence-corrected chi connectivity index (χ3v) is 3.46. The molecule has 7 heteroatoms. The first-order valence-electron chi connectivity index (χ1n) is 6.04. The number of hydrogen-bond acceptors (Lipinski definition) is 3. The maximum atomic E-state index is 12.3. The van der Waals surface area contributed by atoms with Crippen LogP contribution in [0.1, 0.15) is 10.4 Å². The Bertz CT molecular complexity index is 699. The van der Waals surface area contributed by atoms with Crippen LogP contribution in [0.25, 0.3) is 11.1 Å². The van der Waals surface area contributed by atoms with Gasteiger partial charge in [0.1, 0.15) is 5.75 Å². The summed E-state index contributed by atoms with van der Waals surface area (Å²) in [6, 6.07) is 10.3. The zero-order valence-corrected chi connectivity index (χ0v) is 12.9. The van der Waals surface area contributed by atoms with Crippen LogP contribution in [-0.2, 0) is 4.74 Å². The number of alkyl halides is 3. The molecule has 0 aromatic heterocycles. The monoisotopic (exact) mass is 374 g/mol. The van der Waals surface area contributed by atoms with Gasteiger partial charge in [0.15, 0.2) is 0 Å². The van der Waals surface area contributed by atoms with Gasteiger partial charge in [0.05, 0.1) is 12.7 Å². The van der Waals surface area contributed by atoms with E-state index in [4.69, 9.17) is 0 Å². The highest BCUT2D eigenvalue weighted by atomic mass is 79.9. The van der Waals surface area contributed by atoms with E-state index >= 15 is 0 Å². The number of benzene rings is 2. The van der Waals surface area contributed by atoms with E-state index in [0.29, 0.717) is 15.6 Å². The van der Waals surface area contributed by atoms with E-state index in [1.54, 1.807) is 18.2 Å². The van der Waals surface area contributed by atoms with Crippen LogP contribution in [-0.4, -0.2) is 19.4 Å². The Morgan fingerprint density at radius 2 is 1.77 bits per heavy atom. The minimum Gasteiger partial charge on any atom is -0.465 e. The number of carbonyl (C=O) groups excluding carboxylic acids is 1. The van der Waals surface area contributed by atoms with E-state index in [-0.39, 0.29) is 11.3 Å². The first-order chi connectivity index (χ1) is 10.3. The van der Waals surface area contributed by atoms with Crippen molar-refractivity contribution in [1.82, 2.24) is 0 Å². The molecule has 0 spiro atoms. The Kier molecular flexibility index (Phi) is 4.75. The third kappa shape index (κ3) is 4.00. The van der Waals surface area contributed by atoms with E-state index < -0.39 is 12.3 Å². The summed E-state index contributed by atoms with van der Waals surface area (Å²) in [6.07, 6.45) is -4.75. The smallest absolute Gasteiger partial charge is 0.465 e. The summed E-state index contributed by atoms with van der Waals surface area (Å²) in [4.78, 5) is 11.6. The number of rotatable bonds is 3. The molecule has 0 atom stereocenters. The van der Waals surface area contributed by atoms with Crippen molar-refractivity contribution in [2.75, 3.05) is 7.11 Å². The van der Waals surface area contributed by atoms with Crippen LogP contribution >= 0.6 is 15.9 Å². The molecule has 0 amide bonds. The van der Waals surface area contributed by atoms with Gasteiger partial charge < -0.3 is 9.47 Å². The second-order valence-corrected chi connectivity index (χ2v) is 5.12. The Hall–Kier alpha value is -2.02. The molecular weight excluding hydrogens is 365 g/mol. The van der Waals surface area contributed by atoms with Gasteiger partial charge >= 0.3 is 12.3 Å². The van der Waals surface area contributed by atoms with Gasteiger partial charge in [-0.25, -0.2) is 4.79 Å². The highest BCUT2D eigenvalue weighted by molar-refractivity contribution is 9.10. The standard InChI is InChI=1S/C15H10BrF3O3/c1-21-14(20)12-8-10(5-6-13(12)16)9-3-2-4-11(7-9)22-15(17,18)19/h2-8H,1H3. The van der Waals surface area contributed by atoms with E-state index in [0.717, 1.165) is 0 Å². The molecule has 2 aromatic rings. The molecule has 0 radical (unpaired) electrons. The van der Waals surface area contributed by atoms with E-state index in [1.165, 1.54) is 31.4 Å². The largest absolute Gasteiger partial charge is 0.573 e. The Morgan fingerprint density at radius 3 is 2.41 bits per heavy atom. The highest BCUT2D eigenvalue weighted by Gasteiger charge is 2.31. The molecule has 2 rings (SSSR count). The molecule has 0 saturated carbocycles. The average molecular weight is 375 g/mol. The van der Waals surface area contributed by atoms with Gasteiger partial charge in [-0.15, -0.1) is 13.2 Å². The predicted molar refractivity (Wildman–Crippen MR) is 77.6 cm³/mol. The molecule has 0 fully saturated rings. The zero-order valence-electron chi connectivity index (χ0n) is 11.3. The normalized spacial score (nSPS) is 11.1. The molecule has 0 unspecified atom stereocenters. The summed E-state index contributed by atoms with van der Waals surface area (Å²) < 4.78 is 45.8. The number of esters is 1. The molecule has 0 bridgehead atoms. The lowest BCUT2D eigenvalue weighted by Gasteiger charge is -2.11. The SMILES string of the molecule is COC(=O)c1cc(-c2cccc(OC(F)(F)F)c2)ccc1Br. The summed E-state index contributed by atoms with van der Waals surface area (Å²) >= 11 is 3.22. The number of halogens is 4. The molecule has 3 nitrogen and oxygen atoms in total. The molecule has 22 heavy (non-hydrogen) atoms. The van der Waals surface area contributed by atoms with Crippen molar-refractivity contribution in [3.63, 3.8) is 0 Å². The second-order valence-electron chi connectivity index (χ2n) is 4.26. The van der Waals surface area contributed by atoms with Crippen molar-refractivity contribution in [3.05, 3.63) is 52.5 Å². The van der Waals surface area contributed by atoms with Crippen LogP contribution < -0.4 is 4.74 Å². The second kappa shape index (κ2) is 6.39. The van der Waals surface area contributed by atoms with Crippen molar-refractivity contribution in [2.45, 2.75) is 6.36 Å². The number of carbonyl (C=O) groups is 1. The number of methoxy groups -OCH3 is 1. The van der Waals surface area contributed by atoms with Gasteiger partial charge in [0.25, 0.3) is 0 Å². The summed E-state index contributed by atoms with van der Waals surface area (Å²) in [7, 11) is 1.25. The van der Waals surface area contributed by atoms with E-state index in [2.05, 4.69) is 25.4 Å². The minimum atomic E-state index is -4.75. The fraction of sp³-hybridized carbons (Fsp3) is 0.133. The van der Waals surface area contributed by atoms with Crippen LogP contribution in [0.15, 0.2) is 46.9 Å². The van der Waals surface area contributed by atoms with Crippen LogP contribution in [0.5, 0.6) is 5.75 Å². The molecule has 0 saturated heterocycles. The van der Waals surface area contributed by atoms with Crippen molar-refractivity contribution < 1.29 is 27.4 Å². The van der Waals surface area contributed by atoms with Gasteiger partial charge in [0.2, 0.25) is 0 Å². The molecule has 116 valence electrons. The van der Waals surface area contributed by atoms with Gasteiger partial charge in [-0.1, -0.05) is 18.2 Å². The Labute approximate surface area is 132 Å². The summed E-state index contributed by atoms with van der Waals surface area (Å²) in [5.41, 5.74) is 1.33. The van der Waals surface area contributed by atoms with Crippen molar-refractivity contribution in [1.29, 1.82) is 0 Å². The van der Waals surface area contributed by atoms with Crippen LogP contribution in [0.3, 0.4) is 0 Å². The lowest BCUT2D eigenvalue weighted by Crippen LogP contribution is -2.17. The lowest BCUT2D eigenvalue weighted by molar-refractivity contribution is -0.274. The van der Waals surface area contributed by atoms with Crippen molar-refractivity contribution >= 4 is 21.9 Å². The van der Waals surface area contributed by atoms with Crippen LogP contribution in [0.4, 0.5) is 13.2 Å². The Morgan fingerprint density at radius 1 is 1.09 bits per heavy atom. The third-order valence-electron chi connectivity index (χ3n) is 2.77. The van der Waals surface area contributed by atoms with Crippen LogP contribution in [0, 0.1) is 0 Å². The summed E-state index contributed by atoms with van der Waals surface area (Å²) in [5, 5.41) is 0. The quantitative estimate of drug-likeness (QED) is 0.723. The van der Waals surface area contributed by atoms with Crippen LogP contribution in [0.2, 0.25) is 0 Å². The first-order valence-corrected chi connectivity index (χ1v) is 6.83. The molecular formula is C15H10BrF3O3. The summed E-state index contributed by atoms with van der Waals surface area (Å²) in [5.74, 6) is -0.871. The fourth-order valence-corrected chi connectivity index (χ4v) is 2.25. The maximum absolute atomic E-state index is 12.3. The van der Waals surface area contributed by atoms with Gasteiger partial charge in [-0.05, 0) is 51.3 Å². The molecule has 2 aromatic carbocycles. The molecule has 0 N–H and O–H groups in total. The molecule has 0 aliphatic rings. The van der Waals surface area contributed by atoms with E-state index in [9.17, 15) is 18.0 Å². The lowest BCUT2D eigenvalue weighted by atomic mass is 10.0. The topological polar surface area (TPSA) is 35.5 Å². The Balaban J connectivity index is 2.40. The first kappa shape index (κ1) is 16.4. The summed E-state index contributed by atoms with van der Waals surface area (Å²) in [6.45, 7) is 0. The number of ether oxygens (including phenoxy) is 2. The van der Waals surface area contributed by atoms with Gasteiger partial charge in [-0.3, -0.25) is 0 Å². The molecule has 0 aliphatic carbocycles. The molecule has 0 heterocycles. The number of hydrogen-bond donors (Lipinski definition) is 0. The maximum Gasteiger partial charge on any atom is 0.573 e. The van der Waals surface area contributed by atoms with Crippen molar-refractivity contribution in [2.24, 2.45) is 0 Å². The predicted octanol–water partition coefficient (Wildman–Crippen LogP) is 4.80. The zero-order chi connectivity index (χ0) is 16.3. The minimum absolute atomic E-state index is 0.280. The van der Waals surface area contributed by atoms with Gasteiger partial charge in [-0.2, -0.15) is 0 Å². The average Bonchev–Trinajstić information content (AvgIpc) is 2.45. The van der Waals surface area contributed by atoms with Crippen molar-refractivity contribution in [3.8, 4) is 16.9 Å². The highest BCUT2D eigenvalue weighted by Crippen LogP contribution is 2.30. The van der Waals surface area contributed by atoms with Gasteiger partial charge in [0, 0.05) is 4.47 Å². The molecule has 0 aliphatic heterocycles.